The monoisotopic (exact) mass is 191 g/mol. The van der Waals surface area contributed by atoms with Gasteiger partial charge in [0.1, 0.15) is 0 Å². The first-order chi connectivity index (χ1) is 6.81. The molecule has 0 fully saturated rings. The number of fused-ring (bicyclic) bond motifs is 1. The molecule has 1 aromatic heterocycles. The van der Waals surface area contributed by atoms with Crippen LogP contribution in [0.4, 0.5) is 0 Å². The van der Waals surface area contributed by atoms with Gasteiger partial charge in [-0.3, -0.25) is 0 Å². The van der Waals surface area contributed by atoms with Crippen LogP contribution in [-0.4, -0.2) is 5.16 Å². The second kappa shape index (κ2) is 4.80. The molecule has 0 spiro atoms. The Bertz CT molecular complexity index is 404. The lowest BCUT2D eigenvalue weighted by molar-refractivity contribution is 0.450. The van der Waals surface area contributed by atoms with E-state index in [2.05, 4.69) is 24.2 Å². The second-order valence-corrected chi connectivity index (χ2v) is 2.95. The Morgan fingerprint density at radius 3 is 2.64 bits per heavy atom. The minimum atomic E-state index is 0.879. The van der Waals surface area contributed by atoms with E-state index >= 15 is 0 Å². The maximum atomic E-state index is 5.10. The molecule has 14 heavy (non-hydrogen) atoms. The number of rotatable bonds is 1. The fourth-order valence-corrected chi connectivity index (χ4v) is 1.33. The van der Waals surface area contributed by atoms with Crippen LogP contribution in [-0.2, 0) is 6.42 Å². The maximum Gasteiger partial charge on any atom is 0.167 e. The summed E-state index contributed by atoms with van der Waals surface area (Å²) in [6, 6.07) is 6.20. The lowest BCUT2D eigenvalue weighted by Crippen LogP contribution is -1.78. The molecule has 1 heterocycles. The van der Waals surface area contributed by atoms with Crippen molar-refractivity contribution in [3.8, 4) is 0 Å². The van der Waals surface area contributed by atoms with Gasteiger partial charge in [-0.2, -0.15) is 0 Å². The van der Waals surface area contributed by atoms with Crippen molar-refractivity contribution in [3.63, 3.8) is 0 Å². The van der Waals surface area contributed by atoms with Crippen LogP contribution in [0.2, 0.25) is 0 Å². The fraction of sp³-hybridized carbons (Fsp3) is 0.417. The highest BCUT2D eigenvalue weighted by Gasteiger charge is 2.02. The zero-order valence-electron chi connectivity index (χ0n) is 9.29. The Morgan fingerprint density at radius 2 is 2.00 bits per heavy atom. The summed E-state index contributed by atoms with van der Waals surface area (Å²) < 4.78 is 5.10. The molecule has 2 nitrogen and oxygen atoms in total. The van der Waals surface area contributed by atoms with Crippen molar-refractivity contribution in [2.45, 2.75) is 34.1 Å². The molecule has 2 rings (SSSR count). The predicted molar refractivity (Wildman–Crippen MR) is 59.5 cm³/mol. The molecule has 0 aliphatic heterocycles. The van der Waals surface area contributed by atoms with Gasteiger partial charge in [0.25, 0.3) is 0 Å². The molecule has 0 unspecified atom stereocenters. The van der Waals surface area contributed by atoms with Crippen LogP contribution in [0, 0.1) is 6.92 Å². The second-order valence-electron chi connectivity index (χ2n) is 2.95. The molecule has 0 saturated carbocycles. The summed E-state index contributed by atoms with van der Waals surface area (Å²) in [5.41, 5.74) is 3.18. The molecule has 0 aliphatic rings. The molecule has 1 aromatic carbocycles. The van der Waals surface area contributed by atoms with Crippen molar-refractivity contribution in [2.24, 2.45) is 0 Å². The summed E-state index contributed by atoms with van der Waals surface area (Å²) in [5.74, 6) is 0. The number of benzene rings is 1. The van der Waals surface area contributed by atoms with Crippen LogP contribution in [0.5, 0.6) is 0 Å². The third kappa shape index (κ3) is 1.95. The van der Waals surface area contributed by atoms with Crippen LogP contribution < -0.4 is 0 Å². The first-order valence-electron chi connectivity index (χ1n) is 5.16. The quantitative estimate of drug-likeness (QED) is 0.686. The van der Waals surface area contributed by atoms with Gasteiger partial charge in [0, 0.05) is 5.39 Å². The van der Waals surface area contributed by atoms with E-state index in [1.54, 1.807) is 0 Å². The Labute approximate surface area is 84.9 Å². The van der Waals surface area contributed by atoms with E-state index in [9.17, 15) is 0 Å². The van der Waals surface area contributed by atoms with E-state index in [4.69, 9.17) is 4.52 Å². The van der Waals surface area contributed by atoms with Crippen molar-refractivity contribution < 1.29 is 4.52 Å². The normalized spacial score (nSPS) is 9.71. The van der Waals surface area contributed by atoms with Gasteiger partial charge in [-0.05, 0) is 31.0 Å². The smallest absolute Gasteiger partial charge is 0.167 e. The highest BCUT2D eigenvalue weighted by molar-refractivity contribution is 5.79. The van der Waals surface area contributed by atoms with E-state index in [0.29, 0.717) is 0 Å². The molecule has 76 valence electrons. The third-order valence-electron chi connectivity index (χ3n) is 2.12. The zero-order valence-corrected chi connectivity index (χ0v) is 9.29. The summed E-state index contributed by atoms with van der Waals surface area (Å²) >= 11 is 0. The standard InChI is InChI=1S/C10H11NO.C2H6/c1-3-8-4-5-10-9(6-8)7(2)11-12-10;1-2/h4-6H,3H2,1-2H3;1-2H3. The zero-order chi connectivity index (χ0) is 10.6. The van der Waals surface area contributed by atoms with Crippen LogP contribution in [0.1, 0.15) is 32.0 Å². The molecule has 0 bridgehead atoms. The molecule has 0 saturated heterocycles. The van der Waals surface area contributed by atoms with Crippen molar-refractivity contribution in [1.82, 2.24) is 5.16 Å². The lowest BCUT2D eigenvalue weighted by Gasteiger charge is -1.94. The van der Waals surface area contributed by atoms with E-state index in [0.717, 1.165) is 23.1 Å². The van der Waals surface area contributed by atoms with Gasteiger partial charge in [-0.15, -0.1) is 0 Å². The summed E-state index contributed by atoms with van der Waals surface area (Å²) in [7, 11) is 0. The van der Waals surface area contributed by atoms with Crippen LogP contribution in [0.25, 0.3) is 11.0 Å². The summed E-state index contributed by atoms with van der Waals surface area (Å²) in [5, 5.41) is 5.03. The van der Waals surface area contributed by atoms with Gasteiger partial charge >= 0.3 is 0 Å². The van der Waals surface area contributed by atoms with E-state index in [-0.39, 0.29) is 0 Å². The maximum absolute atomic E-state index is 5.10. The minimum Gasteiger partial charge on any atom is -0.356 e. The van der Waals surface area contributed by atoms with Crippen molar-refractivity contribution in [2.75, 3.05) is 0 Å². The first-order valence-corrected chi connectivity index (χ1v) is 5.16. The molecule has 0 amide bonds. The van der Waals surface area contributed by atoms with E-state index < -0.39 is 0 Å². The number of hydrogen-bond donors (Lipinski definition) is 0. The highest BCUT2D eigenvalue weighted by Crippen LogP contribution is 2.19. The van der Waals surface area contributed by atoms with Crippen molar-refractivity contribution in [3.05, 3.63) is 29.5 Å². The van der Waals surface area contributed by atoms with Gasteiger partial charge in [-0.1, -0.05) is 32.0 Å². The summed E-state index contributed by atoms with van der Waals surface area (Å²) in [4.78, 5) is 0. The largest absolute Gasteiger partial charge is 0.356 e. The SMILES string of the molecule is CC.CCc1ccc2onc(C)c2c1. The fourth-order valence-electron chi connectivity index (χ4n) is 1.33. The summed E-state index contributed by atoms with van der Waals surface area (Å²) in [6.07, 6.45) is 1.06. The first kappa shape index (κ1) is 10.8. The highest BCUT2D eigenvalue weighted by atomic mass is 16.5. The Hall–Kier alpha value is -1.31. The van der Waals surface area contributed by atoms with Gasteiger partial charge < -0.3 is 4.52 Å². The number of aryl methyl sites for hydroxylation is 2. The van der Waals surface area contributed by atoms with E-state index in [1.807, 2.05) is 26.8 Å². The molecule has 2 heteroatoms. The van der Waals surface area contributed by atoms with Crippen LogP contribution >= 0.6 is 0 Å². The average molecular weight is 191 g/mol. The predicted octanol–water partition coefficient (Wildman–Crippen LogP) is 3.72. The van der Waals surface area contributed by atoms with Gasteiger partial charge in [0.15, 0.2) is 5.58 Å². The number of hydrogen-bond acceptors (Lipinski definition) is 2. The lowest BCUT2D eigenvalue weighted by atomic mass is 10.1. The van der Waals surface area contributed by atoms with Crippen molar-refractivity contribution >= 4 is 11.0 Å². The molecule has 0 atom stereocenters. The molecule has 0 radical (unpaired) electrons. The number of nitrogens with zero attached hydrogens (tertiary/aromatic N) is 1. The molecular weight excluding hydrogens is 174 g/mol. The molecule has 0 aliphatic carbocycles. The third-order valence-corrected chi connectivity index (χ3v) is 2.12. The Morgan fingerprint density at radius 1 is 1.29 bits per heavy atom. The summed E-state index contributed by atoms with van der Waals surface area (Å²) in [6.45, 7) is 8.11. The molecule has 0 N–H and O–H groups in total. The Balaban J connectivity index is 0.000000461. The average Bonchev–Trinajstić information content (AvgIpc) is 2.63. The van der Waals surface area contributed by atoms with Gasteiger partial charge in [0.05, 0.1) is 5.69 Å². The molecule has 2 aromatic rings. The Kier molecular flexibility index (Phi) is 3.69. The van der Waals surface area contributed by atoms with E-state index in [1.165, 1.54) is 5.56 Å². The van der Waals surface area contributed by atoms with Crippen LogP contribution in [0.15, 0.2) is 22.7 Å². The molecular formula is C12H17NO. The van der Waals surface area contributed by atoms with Gasteiger partial charge in [-0.25, -0.2) is 0 Å². The van der Waals surface area contributed by atoms with Crippen LogP contribution in [0.3, 0.4) is 0 Å². The number of aromatic nitrogens is 1. The van der Waals surface area contributed by atoms with Gasteiger partial charge in [0.2, 0.25) is 0 Å². The topological polar surface area (TPSA) is 26.0 Å². The van der Waals surface area contributed by atoms with Crippen molar-refractivity contribution in [1.29, 1.82) is 0 Å². The minimum absolute atomic E-state index is 0.879.